The van der Waals surface area contributed by atoms with Gasteiger partial charge in [0.25, 0.3) is 0 Å². The van der Waals surface area contributed by atoms with Crippen LogP contribution in [0.1, 0.15) is 25.3 Å². The van der Waals surface area contributed by atoms with Gasteiger partial charge in [-0.1, -0.05) is 6.07 Å². The van der Waals surface area contributed by atoms with Crippen molar-refractivity contribution < 1.29 is 14.3 Å². The van der Waals surface area contributed by atoms with Crippen LogP contribution in [-0.4, -0.2) is 32.3 Å². The molecular weight excluding hydrogens is 256 g/mol. The highest BCUT2D eigenvalue weighted by molar-refractivity contribution is 5.90. The van der Waals surface area contributed by atoms with Crippen molar-refractivity contribution in [3.63, 3.8) is 0 Å². The normalized spacial score (nSPS) is 10.0. The Bertz CT molecular complexity index is 455. The minimum Gasteiger partial charge on any atom is -0.379 e. The highest BCUT2D eigenvalue weighted by Crippen LogP contribution is 2.10. The van der Waals surface area contributed by atoms with Gasteiger partial charge in [-0.05, 0) is 31.5 Å². The second-order valence-corrected chi connectivity index (χ2v) is 4.15. The van der Waals surface area contributed by atoms with Crippen LogP contribution in [0.15, 0.2) is 24.3 Å². The number of nitrogens with one attached hydrogen (secondary N) is 1. The number of rotatable bonds is 9. The summed E-state index contributed by atoms with van der Waals surface area (Å²) in [4.78, 5) is 11.7. The fraction of sp³-hybridized carbons (Fsp3) is 0.467. The van der Waals surface area contributed by atoms with Gasteiger partial charge in [0.2, 0.25) is 5.91 Å². The van der Waals surface area contributed by atoms with Crippen molar-refractivity contribution in [3.05, 3.63) is 29.8 Å². The Labute approximate surface area is 119 Å². The molecule has 0 unspecified atom stereocenters. The number of carbonyl (C=O) groups is 1. The topological polar surface area (TPSA) is 71.3 Å². The Kier molecular flexibility index (Phi) is 8.04. The van der Waals surface area contributed by atoms with E-state index >= 15 is 0 Å². The molecule has 0 aliphatic rings. The quantitative estimate of drug-likeness (QED) is 0.703. The van der Waals surface area contributed by atoms with Crippen molar-refractivity contribution in [2.75, 3.05) is 31.7 Å². The average molecular weight is 276 g/mol. The molecule has 0 atom stereocenters. The molecular formula is C15H20N2O3. The molecule has 1 rings (SSSR count). The minimum absolute atomic E-state index is 0.0755. The first-order valence-electron chi connectivity index (χ1n) is 6.71. The Hall–Kier alpha value is -1.90. The van der Waals surface area contributed by atoms with E-state index in [2.05, 4.69) is 5.32 Å². The van der Waals surface area contributed by atoms with Crippen LogP contribution in [-0.2, 0) is 14.3 Å². The second-order valence-electron chi connectivity index (χ2n) is 4.15. The maximum Gasteiger partial charge on any atom is 0.224 e. The molecule has 0 saturated heterocycles. The van der Waals surface area contributed by atoms with E-state index in [0.717, 1.165) is 0 Å². The Morgan fingerprint density at radius 1 is 1.30 bits per heavy atom. The van der Waals surface area contributed by atoms with Crippen LogP contribution in [0.2, 0.25) is 0 Å². The summed E-state index contributed by atoms with van der Waals surface area (Å²) in [6.45, 7) is 4.31. The molecule has 1 amide bonds. The molecule has 1 N–H and O–H groups in total. The fourth-order valence-electron chi connectivity index (χ4n) is 1.59. The average Bonchev–Trinajstić information content (AvgIpc) is 2.46. The van der Waals surface area contributed by atoms with E-state index in [1.165, 1.54) is 0 Å². The van der Waals surface area contributed by atoms with E-state index in [1.54, 1.807) is 24.3 Å². The first-order chi connectivity index (χ1) is 9.76. The first-order valence-corrected chi connectivity index (χ1v) is 6.71. The van der Waals surface area contributed by atoms with Gasteiger partial charge in [-0.25, -0.2) is 0 Å². The molecule has 20 heavy (non-hydrogen) atoms. The summed E-state index contributed by atoms with van der Waals surface area (Å²) in [5, 5.41) is 11.5. The van der Waals surface area contributed by atoms with Crippen LogP contribution >= 0.6 is 0 Å². The molecule has 0 saturated carbocycles. The Balaban J connectivity index is 2.15. The summed E-state index contributed by atoms with van der Waals surface area (Å²) in [5.74, 6) is -0.0755. The van der Waals surface area contributed by atoms with Crippen LogP contribution in [0.3, 0.4) is 0 Å². The number of carbonyl (C=O) groups excluding carboxylic acids is 1. The van der Waals surface area contributed by atoms with E-state index in [-0.39, 0.29) is 5.91 Å². The predicted octanol–water partition coefficient (Wildman–Crippen LogP) is 2.33. The lowest BCUT2D eigenvalue weighted by atomic mass is 10.2. The molecule has 0 aromatic heterocycles. The van der Waals surface area contributed by atoms with Crippen molar-refractivity contribution in [3.8, 4) is 6.07 Å². The van der Waals surface area contributed by atoms with Gasteiger partial charge in [0.05, 0.1) is 24.8 Å². The van der Waals surface area contributed by atoms with Gasteiger partial charge in [-0.3, -0.25) is 4.79 Å². The highest BCUT2D eigenvalue weighted by atomic mass is 16.5. The zero-order chi connectivity index (χ0) is 14.6. The molecule has 1 aromatic rings. The van der Waals surface area contributed by atoms with Gasteiger partial charge >= 0.3 is 0 Å². The van der Waals surface area contributed by atoms with Crippen molar-refractivity contribution in [1.29, 1.82) is 5.26 Å². The fourth-order valence-corrected chi connectivity index (χ4v) is 1.59. The van der Waals surface area contributed by atoms with Gasteiger partial charge in [-0.2, -0.15) is 5.26 Å². The molecule has 0 aliphatic heterocycles. The third-order valence-electron chi connectivity index (χ3n) is 2.54. The van der Waals surface area contributed by atoms with E-state index in [0.29, 0.717) is 50.5 Å². The molecule has 1 aromatic carbocycles. The first kappa shape index (κ1) is 16.2. The largest absolute Gasteiger partial charge is 0.379 e. The number of hydrogen-bond acceptors (Lipinski definition) is 4. The zero-order valence-electron chi connectivity index (χ0n) is 11.7. The molecule has 5 nitrogen and oxygen atoms in total. The summed E-state index contributed by atoms with van der Waals surface area (Å²) in [7, 11) is 0. The maximum atomic E-state index is 11.7. The number of amides is 1. The van der Waals surface area contributed by atoms with Crippen molar-refractivity contribution >= 4 is 11.6 Å². The van der Waals surface area contributed by atoms with Crippen molar-refractivity contribution in [2.24, 2.45) is 0 Å². The van der Waals surface area contributed by atoms with Gasteiger partial charge in [-0.15, -0.1) is 0 Å². The van der Waals surface area contributed by atoms with Crippen LogP contribution < -0.4 is 5.32 Å². The highest BCUT2D eigenvalue weighted by Gasteiger charge is 2.03. The number of benzene rings is 1. The Morgan fingerprint density at radius 2 is 2.10 bits per heavy atom. The molecule has 0 aliphatic carbocycles. The molecule has 0 radical (unpaired) electrons. The summed E-state index contributed by atoms with van der Waals surface area (Å²) >= 11 is 0. The maximum absolute atomic E-state index is 11.7. The van der Waals surface area contributed by atoms with Crippen molar-refractivity contribution in [2.45, 2.75) is 19.8 Å². The summed E-state index contributed by atoms with van der Waals surface area (Å²) in [5.41, 5.74) is 1.17. The Morgan fingerprint density at radius 3 is 2.85 bits per heavy atom. The summed E-state index contributed by atoms with van der Waals surface area (Å²) in [6.07, 6.45) is 1.06. The van der Waals surface area contributed by atoms with E-state index < -0.39 is 0 Å². The van der Waals surface area contributed by atoms with Crippen LogP contribution in [0.5, 0.6) is 0 Å². The second kappa shape index (κ2) is 9.96. The smallest absolute Gasteiger partial charge is 0.224 e. The zero-order valence-corrected chi connectivity index (χ0v) is 11.7. The van der Waals surface area contributed by atoms with Crippen LogP contribution in [0, 0.1) is 11.3 Å². The monoisotopic (exact) mass is 276 g/mol. The van der Waals surface area contributed by atoms with Gasteiger partial charge in [0.15, 0.2) is 0 Å². The SMILES string of the molecule is CCOCCOCCCC(=O)Nc1cccc(C#N)c1. The molecule has 108 valence electrons. The summed E-state index contributed by atoms with van der Waals surface area (Å²) < 4.78 is 10.5. The number of hydrogen-bond donors (Lipinski definition) is 1. The van der Waals surface area contributed by atoms with Gasteiger partial charge < -0.3 is 14.8 Å². The number of nitriles is 1. The van der Waals surface area contributed by atoms with Crippen molar-refractivity contribution in [1.82, 2.24) is 0 Å². The molecule has 0 fully saturated rings. The van der Waals surface area contributed by atoms with Gasteiger partial charge in [0.1, 0.15) is 0 Å². The van der Waals surface area contributed by atoms with E-state index in [1.807, 2.05) is 13.0 Å². The molecule has 0 heterocycles. The third kappa shape index (κ3) is 6.88. The van der Waals surface area contributed by atoms with E-state index in [9.17, 15) is 4.79 Å². The third-order valence-corrected chi connectivity index (χ3v) is 2.54. The lowest BCUT2D eigenvalue weighted by Gasteiger charge is -2.06. The lowest BCUT2D eigenvalue weighted by Crippen LogP contribution is -2.13. The number of anilines is 1. The lowest BCUT2D eigenvalue weighted by molar-refractivity contribution is -0.116. The van der Waals surface area contributed by atoms with Crippen LogP contribution in [0.25, 0.3) is 0 Å². The molecule has 5 heteroatoms. The molecule has 0 spiro atoms. The van der Waals surface area contributed by atoms with E-state index in [4.69, 9.17) is 14.7 Å². The summed E-state index contributed by atoms with van der Waals surface area (Å²) in [6, 6.07) is 8.88. The van der Waals surface area contributed by atoms with Gasteiger partial charge in [0, 0.05) is 25.3 Å². The predicted molar refractivity (Wildman–Crippen MR) is 76.3 cm³/mol. The molecule has 0 bridgehead atoms. The van der Waals surface area contributed by atoms with Crippen LogP contribution in [0.4, 0.5) is 5.69 Å². The standard InChI is InChI=1S/C15H20N2O3/c1-2-19-9-10-20-8-4-7-15(18)17-14-6-3-5-13(11-14)12-16/h3,5-6,11H,2,4,7-10H2,1H3,(H,17,18). The minimum atomic E-state index is -0.0755. The number of nitrogens with zero attached hydrogens (tertiary/aromatic N) is 1. The number of ether oxygens (including phenoxy) is 2.